The lowest BCUT2D eigenvalue weighted by molar-refractivity contribution is -0.137. The number of hydrogen-bond acceptors (Lipinski definition) is 5. The second-order valence-electron chi connectivity index (χ2n) is 9.82. The molecule has 2 aromatic rings. The molecule has 3 aliphatic heterocycles. The number of amides is 4. The number of pyridine rings is 1. The van der Waals surface area contributed by atoms with Gasteiger partial charge in [-0.05, 0) is 50.3 Å². The Bertz CT molecular complexity index is 1090. The first-order valence-electron chi connectivity index (χ1n) is 12.5. The lowest BCUT2D eigenvalue weighted by Crippen LogP contribution is -2.55. The largest absolute Gasteiger partial charge is 0.376 e. The number of likely N-dealkylation sites (tertiary alicyclic amines) is 1. The summed E-state index contributed by atoms with van der Waals surface area (Å²) in [6, 6.07) is 13.1. The number of urea groups is 1. The van der Waals surface area contributed by atoms with Crippen LogP contribution >= 0.6 is 0 Å². The summed E-state index contributed by atoms with van der Waals surface area (Å²) < 4.78 is 5.69. The van der Waals surface area contributed by atoms with E-state index in [2.05, 4.69) is 10.3 Å². The maximum atomic E-state index is 13.9. The predicted molar refractivity (Wildman–Crippen MR) is 129 cm³/mol. The van der Waals surface area contributed by atoms with Gasteiger partial charge in [0.05, 0.1) is 24.8 Å². The molecule has 0 aliphatic carbocycles. The van der Waals surface area contributed by atoms with Gasteiger partial charge in [0.1, 0.15) is 0 Å². The number of nitrogens with one attached hydrogen (secondary N) is 1. The molecule has 3 saturated heterocycles. The molecule has 0 unspecified atom stereocenters. The number of aromatic nitrogens is 1. The average Bonchev–Trinajstić information content (AvgIpc) is 3.47. The Morgan fingerprint density at radius 2 is 1.97 bits per heavy atom. The highest BCUT2D eigenvalue weighted by Gasteiger charge is 2.58. The van der Waals surface area contributed by atoms with Gasteiger partial charge < -0.3 is 15.0 Å². The van der Waals surface area contributed by atoms with Gasteiger partial charge in [-0.3, -0.25) is 19.5 Å². The maximum Gasteiger partial charge on any atom is 0.325 e. The van der Waals surface area contributed by atoms with Gasteiger partial charge in [-0.1, -0.05) is 35.9 Å². The summed E-state index contributed by atoms with van der Waals surface area (Å²) in [5.74, 6) is -0.338. The lowest BCUT2D eigenvalue weighted by atomic mass is 9.75. The van der Waals surface area contributed by atoms with E-state index in [0.29, 0.717) is 44.7 Å². The Kier molecular flexibility index (Phi) is 6.56. The summed E-state index contributed by atoms with van der Waals surface area (Å²) >= 11 is 0. The summed E-state index contributed by atoms with van der Waals surface area (Å²) in [5, 5.41) is 3.03. The van der Waals surface area contributed by atoms with Crippen LogP contribution in [0.15, 0.2) is 48.7 Å². The van der Waals surface area contributed by atoms with Crippen LogP contribution in [0.25, 0.3) is 0 Å². The van der Waals surface area contributed by atoms with Crippen LogP contribution in [0, 0.1) is 12.8 Å². The fraction of sp³-hybridized carbons (Fsp3) is 0.481. The maximum absolute atomic E-state index is 13.9. The van der Waals surface area contributed by atoms with Gasteiger partial charge in [0.2, 0.25) is 5.91 Å². The Hall–Kier alpha value is -3.26. The molecule has 8 heteroatoms. The second-order valence-corrected chi connectivity index (χ2v) is 9.82. The first-order valence-corrected chi connectivity index (χ1v) is 12.5. The fourth-order valence-electron chi connectivity index (χ4n) is 5.68. The molecule has 3 aliphatic rings. The summed E-state index contributed by atoms with van der Waals surface area (Å²) in [7, 11) is 0. The lowest BCUT2D eigenvalue weighted by Gasteiger charge is -2.40. The van der Waals surface area contributed by atoms with Gasteiger partial charge in [0.25, 0.3) is 5.91 Å². The Morgan fingerprint density at radius 3 is 2.66 bits per heavy atom. The highest BCUT2D eigenvalue weighted by molar-refractivity contribution is 6.07. The predicted octanol–water partition coefficient (Wildman–Crippen LogP) is 2.80. The van der Waals surface area contributed by atoms with E-state index in [1.807, 2.05) is 48.2 Å². The van der Waals surface area contributed by atoms with E-state index in [4.69, 9.17) is 4.74 Å². The summed E-state index contributed by atoms with van der Waals surface area (Å²) in [6.45, 7) is 4.02. The zero-order valence-electron chi connectivity index (χ0n) is 20.1. The zero-order chi connectivity index (χ0) is 24.4. The van der Waals surface area contributed by atoms with E-state index in [0.717, 1.165) is 24.0 Å². The number of ether oxygens (including phenoxy) is 1. The molecule has 5 rings (SSSR count). The van der Waals surface area contributed by atoms with Crippen LogP contribution in [0.2, 0.25) is 0 Å². The van der Waals surface area contributed by atoms with Gasteiger partial charge in [0, 0.05) is 31.8 Å². The number of benzene rings is 1. The highest BCUT2D eigenvalue weighted by atomic mass is 16.5. The molecule has 0 saturated carbocycles. The minimum atomic E-state index is -1.22. The van der Waals surface area contributed by atoms with E-state index >= 15 is 0 Å². The number of hydrogen-bond donors (Lipinski definition) is 1. The van der Waals surface area contributed by atoms with Crippen LogP contribution in [0.3, 0.4) is 0 Å². The third-order valence-corrected chi connectivity index (χ3v) is 7.51. The third-order valence-electron chi connectivity index (χ3n) is 7.51. The van der Waals surface area contributed by atoms with Crippen LogP contribution in [-0.2, 0) is 26.3 Å². The molecule has 0 bridgehead atoms. The zero-order valence-corrected chi connectivity index (χ0v) is 20.1. The molecule has 4 amide bonds. The van der Waals surface area contributed by atoms with Crippen molar-refractivity contribution in [1.82, 2.24) is 20.1 Å². The van der Waals surface area contributed by atoms with Crippen molar-refractivity contribution in [3.8, 4) is 0 Å². The van der Waals surface area contributed by atoms with Crippen molar-refractivity contribution in [3.05, 3.63) is 65.5 Å². The number of nitrogens with zero attached hydrogens (tertiary/aromatic N) is 3. The topological polar surface area (TPSA) is 91.8 Å². The quantitative estimate of drug-likeness (QED) is 0.648. The van der Waals surface area contributed by atoms with Gasteiger partial charge in [-0.2, -0.15) is 0 Å². The van der Waals surface area contributed by atoms with E-state index in [1.54, 1.807) is 12.3 Å². The van der Waals surface area contributed by atoms with Crippen molar-refractivity contribution in [2.75, 3.05) is 26.2 Å². The summed E-state index contributed by atoms with van der Waals surface area (Å²) in [6.07, 6.45) is 4.89. The molecule has 8 nitrogen and oxygen atoms in total. The Labute approximate surface area is 205 Å². The molecule has 3 fully saturated rings. The molecule has 0 spiro atoms. The van der Waals surface area contributed by atoms with Crippen LogP contribution < -0.4 is 5.32 Å². The standard InChI is InChI=1S/C27H32N4O4/c1-19-6-4-7-20(16-19)17-24(32)30-13-10-21(11-14-30)27(23-9-2-3-12-28-23)25(33)31(26(34)29-27)18-22-8-5-15-35-22/h2-4,6-7,9,12,16,21-22H,5,8,10-11,13-15,17-18H2,1H3,(H,29,34)/t22-,27-/m0/s1. The van der Waals surface area contributed by atoms with Crippen molar-refractivity contribution >= 4 is 17.8 Å². The molecule has 4 heterocycles. The number of imide groups is 1. The number of aryl methyl sites for hydroxylation is 1. The van der Waals surface area contributed by atoms with E-state index in [9.17, 15) is 14.4 Å². The van der Waals surface area contributed by atoms with Crippen molar-refractivity contribution in [3.63, 3.8) is 0 Å². The fourth-order valence-corrected chi connectivity index (χ4v) is 5.68. The molecule has 0 radical (unpaired) electrons. The molecule has 1 N–H and O–H groups in total. The highest BCUT2D eigenvalue weighted by Crippen LogP contribution is 2.41. The molecule has 184 valence electrons. The van der Waals surface area contributed by atoms with E-state index in [-0.39, 0.29) is 30.4 Å². The third kappa shape index (κ3) is 4.55. The first-order chi connectivity index (χ1) is 17.0. The SMILES string of the molecule is Cc1cccc(CC(=O)N2CCC([C@@]3(c4ccccn4)NC(=O)N(C[C@@H]4CCCO4)C3=O)CC2)c1. The molecule has 2 atom stereocenters. The summed E-state index contributed by atoms with van der Waals surface area (Å²) in [4.78, 5) is 47.6. The molecule has 35 heavy (non-hydrogen) atoms. The van der Waals surface area contributed by atoms with Gasteiger partial charge in [-0.25, -0.2) is 4.79 Å². The molecular weight excluding hydrogens is 444 g/mol. The number of rotatable bonds is 6. The Balaban J connectivity index is 1.33. The number of piperidine rings is 1. The van der Waals surface area contributed by atoms with Crippen LogP contribution in [0.1, 0.15) is 42.5 Å². The average molecular weight is 477 g/mol. The monoisotopic (exact) mass is 476 g/mol. The summed E-state index contributed by atoms with van der Waals surface area (Å²) in [5.41, 5.74) is 1.47. The molecular formula is C27H32N4O4. The van der Waals surface area contributed by atoms with Crippen molar-refractivity contribution in [2.24, 2.45) is 5.92 Å². The van der Waals surface area contributed by atoms with Crippen LogP contribution in [0.4, 0.5) is 4.79 Å². The minimum Gasteiger partial charge on any atom is -0.376 e. The number of carbonyl (C=O) groups is 3. The molecule has 1 aromatic carbocycles. The van der Waals surface area contributed by atoms with Gasteiger partial charge >= 0.3 is 6.03 Å². The van der Waals surface area contributed by atoms with Crippen molar-refractivity contribution < 1.29 is 19.1 Å². The smallest absolute Gasteiger partial charge is 0.325 e. The normalized spacial score (nSPS) is 25.2. The van der Waals surface area contributed by atoms with E-state index < -0.39 is 11.6 Å². The van der Waals surface area contributed by atoms with Crippen molar-refractivity contribution in [1.29, 1.82) is 0 Å². The Morgan fingerprint density at radius 1 is 1.14 bits per heavy atom. The second kappa shape index (κ2) is 9.77. The first kappa shape index (κ1) is 23.5. The van der Waals surface area contributed by atoms with Crippen LogP contribution in [0.5, 0.6) is 0 Å². The van der Waals surface area contributed by atoms with Crippen LogP contribution in [-0.4, -0.2) is 65.0 Å². The number of carbonyl (C=O) groups excluding carboxylic acids is 3. The van der Waals surface area contributed by atoms with Gasteiger partial charge in [-0.15, -0.1) is 0 Å². The minimum absolute atomic E-state index is 0.0859. The van der Waals surface area contributed by atoms with Crippen molar-refractivity contribution in [2.45, 2.75) is 50.7 Å². The van der Waals surface area contributed by atoms with E-state index in [1.165, 1.54) is 4.90 Å². The molecule has 1 aromatic heterocycles. The van der Waals surface area contributed by atoms with Gasteiger partial charge in [0.15, 0.2) is 5.54 Å².